The van der Waals surface area contributed by atoms with E-state index in [-0.39, 0.29) is 11.9 Å². The number of carbonyl (C=O) groups excluding carboxylic acids is 1. The maximum Gasteiger partial charge on any atom is 0.244 e. The van der Waals surface area contributed by atoms with Crippen LogP contribution in [0.25, 0.3) is 0 Å². The summed E-state index contributed by atoms with van der Waals surface area (Å²) >= 11 is 0. The molecule has 20 heavy (non-hydrogen) atoms. The number of hydrogen-bond acceptors (Lipinski definition) is 4. The molecular formula is C15H18N4O. The monoisotopic (exact) mass is 270 g/mol. The van der Waals surface area contributed by atoms with E-state index in [4.69, 9.17) is 0 Å². The Kier molecular flexibility index (Phi) is 4.65. The van der Waals surface area contributed by atoms with Gasteiger partial charge in [-0.25, -0.2) is 9.97 Å². The molecule has 0 fully saturated rings. The molecule has 5 heteroatoms. The van der Waals surface area contributed by atoms with Crippen molar-refractivity contribution in [1.29, 1.82) is 0 Å². The summed E-state index contributed by atoms with van der Waals surface area (Å²) < 4.78 is 0. The first-order valence-corrected chi connectivity index (χ1v) is 6.45. The molecule has 5 nitrogen and oxygen atoms in total. The van der Waals surface area contributed by atoms with Gasteiger partial charge in [-0.1, -0.05) is 30.3 Å². The summed E-state index contributed by atoms with van der Waals surface area (Å²) in [5.74, 6) is 0.463. The third-order valence-corrected chi connectivity index (χ3v) is 2.89. The number of aromatic nitrogens is 2. The van der Waals surface area contributed by atoms with E-state index in [1.54, 1.807) is 37.5 Å². The van der Waals surface area contributed by atoms with Crippen molar-refractivity contribution in [3.05, 3.63) is 54.4 Å². The number of likely N-dealkylation sites (N-methyl/N-ethyl adjacent to an activating group) is 1. The molecule has 0 aliphatic carbocycles. The lowest BCUT2D eigenvalue weighted by Gasteiger charge is -2.21. The van der Waals surface area contributed by atoms with Gasteiger partial charge >= 0.3 is 0 Å². The second kappa shape index (κ2) is 6.65. The Bertz CT molecular complexity index is 501. The molecule has 1 unspecified atom stereocenters. The Morgan fingerprint density at radius 2 is 1.80 bits per heavy atom. The number of hydrogen-bond donors (Lipinski definition) is 1. The molecule has 2 aromatic rings. The molecular weight excluding hydrogens is 252 g/mol. The van der Waals surface area contributed by atoms with Crippen LogP contribution in [0.1, 0.15) is 5.56 Å². The van der Waals surface area contributed by atoms with E-state index in [0.29, 0.717) is 12.4 Å². The van der Waals surface area contributed by atoms with Gasteiger partial charge in [0.05, 0.1) is 0 Å². The van der Waals surface area contributed by atoms with Gasteiger partial charge in [0.25, 0.3) is 0 Å². The van der Waals surface area contributed by atoms with Crippen LogP contribution in [0.5, 0.6) is 0 Å². The molecule has 0 aliphatic rings. The molecule has 1 aromatic carbocycles. The molecule has 0 saturated carbocycles. The van der Waals surface area contributed by atoms with Crippen molar-refractivity contribution in [2.45, 2.75) is 12.5 Å². The zero-order valence-electron chi connectivity index (χ0n) is 11.7. The van der Waals surface area contributed by atoms with E-state index in [1.807, 2.05) is 30.3 Å². The first-order valence-electron chi connectivity index (χ1n) is 6.45. The van der Waals surface area contributed by atoms with E-state index in [9.17, 15) is 4.79 Å². The third kappa shape index (κ3) is 3.78. The van der Waals surface area contributed by atoms with Crippen molar-refractivity contribution >= 4 is 11.9 Å². The maximum atomic E-state index is 12.3. The van der Waals surface area contributed by atoms with Gasteiger partial charge < -0.3 is 10.2 Å². The lowest BCUT2D eigenvalue weighted by molar-refractivity contribution is -0.129. The number of amides is 1. The summed E-state index contributed by atoms with van der Waals surface area (Å²) in [7, 11) is 3.49. The lowest BCUT2D eigenvalue weighted by atomic mass is 10.1. The molecule has 1 aromatic heterocycles. The minimum Gasteiger partial charge on any atom is -0.347 e. The first-order chi connectivity index (χ1) is 9.66. The molecule has 0 spiro atoms. The molecule has 0 radical (unpaired) electrons. The second-order valence-corrected chi connectivity index (χ2v) is 4.69. The fourth-order valence-corrected chi connectivity index (χ4v) is 1.89. The number of carbonyl (C=O) groups is 1. The summed E-state index contributed by atoms with van der Waals surface area (Å²) in [5.41, 5.74) is 1.09. The average molecular weight is 270 g/mol. The summed E-state index contributed by atoms with van der Waals surface area (Å²) in [6.07, 6.45) is 3.89. The van der Waals surface area contributed by atoms with Crippen LogP contribution in [0.3, 0.4) is 0 Å². The fourth-order valence-electron chi connectivity index (χ4n) is 1.89. The molecule has 1 heterocycles. The summed E-state index contributed by atoms with van der Waals surface area (Å²) in [4.78, 5) is 22.1. The molecule has 2 rings (SSSR count). The van der Waals surface area contributed by atoms with Gasteiger partial charge in [0.15, 0.2) is 0 Å². The number of benzene rings is 1. The molecule has 1 atom stereocenters. The molecule has 0 bridgehead atoms. The topological polar surface area (TPSA) is 58.1 Å². The van der Waals surface area contributed by atoms with Crippen LogP contribution >= 0.6 is 0 Å². The van der Waals surface area contributed by atoms with E-state index in [0.717, 1.165) is 5.56 Å². The van der Waals surface area contributed by atoms with E-state index >= 15 is 0 Å². The van der Waals surface area contributed by atoms with Gasteiger partial charge in [0.2, 0.25) is 11.9 Å². The highest BCUT2D eigenvalue weighted by atomic mass is 16.2. The van der Waals surface area contributed by atoms with Crippen molar-refractivity contribution < 1.29 is 4.79 Å². The fraction of sp³-hybridized carbons (Fsp3) is 0.267. The minimum absolute atomic E-state index is 0.00121. The number of nitrogens with zero attached hydrogens (tertiary/aromatic N) is 3. The maximum absolute atomic E-state index is 12.3. The summed E-state index contributed by atoms with van der Waals surface area (Å²) in [6.45, 7) is 0. The number of anilines is 1. The van der Waals surface area contributed by atoms with Crippen LogP contribution in [0.15, 0.2) is 48.8 Å². The molecule has 1 N–H and O–H groups in total. The van der Waals surface area contributed by atoms with Crippen LogP contribution in [-0.2, 0) is 11.2 Å². The Morgan fingerprint density at radius 1 is 1.15 bits per heavy atom. The van der Waals surface area contributed by atoms with Gasteiger partial charge in [-0.2, -0.15) is 0 Å². The van der Waals surface area contributed by atoms with E-state index in [2.05, 4.69) is 15.3 Å². The lowest BCUT2D eigenvalue weighted by Crippen LogP contribution is -2.40. The van der Waals surface area contributed by atoms with Gasteiger partial charge in [-0.05, 0) is 11.6 Å². The Labute approximate surface area is 118 Å². The molecule has 0 aliphatic heterocycles. The van der Waals surface area contributed by atoms with Crippen molar-refractivity contribution in [3.63, 3.8) is 0 Å². The standard InChI is InChI=1S/C15H18N4O/c1-19(2)14(20)13(11-12-7-4-3-5-8-12)18-15-16-9-6-10-17-15/h3-10,13H,11H2,1-2H3,(H,16,17,18). The van der Waals surface area contributed by atoms with Crippen LogP contribution in [0.4, 0.5) is 5.95 Å². The minimum atomic E-state index is -0.380. The smallest absolute Gasteiger partial charge is 0.244 e. The SMILES string of the molecule is CN(C)C(=O)C(Cc1ccccc1)Nc1ncccn1. The Hall–Kier alpha value is -2.43. The van der Waals surface area contributed by atoms with Crippen LogP contribution in [0.2, 0.25) is 0 Å². The zero-order chi connectivity index (χ0) is 14.4. The van der Waals surface area contributed by atoms with Crippen molar-refractivity contribution in [2.24, 2.45) is 0 Å². The Morgan fingerprint density at radius 3 is 2.40 bits per heavy atom. The van der Waals surface area contributed by atoms with Gasteiger partial charge in [0, 0.05) is 32.9 Å². The molecule has 1 amide bonds. The average Bonchev–Trinajstić information content (AvgIpc) is 2.48. The molecule has 0 saturated heterocycles. The second-order valence-electron chi connectivity index (χ2n) is 4.69. The third-order valence-electron chi connectivity index (χ3n) is 2.89. The van der Waals surface area contributed by atoms with Crippen LogP contribution in [0, 0.1) is 0 Å². The first kappa shape index (κ1) is 14.0. The predicted molar refractivity (Wildman–Crippen MR) is 78.3 cm³/mol. The highest BCUT2D eigenvalue weighted by molar-refractivity contribution is 5.84. The largest absolute Gasteiger partial charge is 0.347 e. The normalized spacial score (nSPS) is 11.7. The Balaban J connectivity index is 2.15. The van der Waals surface area contributed by atoms with Crippen molar-refractivity contribution in [1.82, 2.24) is 14.9 Å². The van der Waals surface area contributed by atoms with Gasteiger partial charge in [-0.3, -0.25) is 4.79 Å². The summed E-state index contributed by atoms with van der Waals surface area (Å²) in [5, 5.41) is 3.10. The highest BCUT2D eigenvalue weighted by Crippen LogP contribution is 2.09. The van der Waals surface area contributed by atoms with Gasteiger partial charge in [-0.15, -0.1) is 0 Å². The number of rotatable bonds is 5. The zero-order valence-corrected chi connectivity index (χ0v) is 11.7. The highest BCUT2D eigenvalue weighted by Gasteiger charge is 2.21. The van der Waals surface area contributed by atoms with Gasteiger partial charge in [0.1, 0.15) is 6.04 Å². The van der Waals surface area contributed by atoms with Crippen LogP contribution < -0.4 is 5.32 Å². The van der Waals surface area contributed by atoms with Crippen LogP contribution in [-0.4, -0.2) is 40.9 Å². The number of nitrogens with one attached hydrogen (secondary N) is 1. The quantitative estimate of drug-likeness (QED) is 0.896. The summed E-state index contributed by atoms with van der Waals surface area (Å²) in [6, 6.07) is 11.3. The van der Waals surface area contributed by atoms with E-state index < -0.39 is 0 Å². The predicted octanol–water partition coefficient (Wildman–Crippen LogP) is 1.59. The van der Waals surface area contributed by atoms with Crippen molar-refractivity contribution in [3.8, 4) is 0 Å². The van der Waals surface area contributed by atoms with Crippen molar-refractivity contribution in [2.75, 3.05) is 19.4 Å². The molecule has 104 valence electrons. The van der Waals surface area contributed by atoms with E-state index in [1.165, 1.54) is 0 Å².